The Kier molecular flexibility index (Phi) is 3.91. The van der Waals surface area contributed by atoms with Crippen LogP contribution in [0.15, 0.2) is 54.7 Å². The third-order valence-electron chi connectivity index (χ3n) is 3.08. The number of anilines is 1. The summed E-state index contributed by atoms with van der Waals surface area (Å²) in [6.45, 7) is 0. The van der Waals surface area contributed by atoms with Crippen molar-refractivity contribution in [2.45, 2.75) is 6.42 Å². The maximum absolute atomic E-state index is 12.9. The molecule has 2 heterocycles. The van der Waals surface area contributed by atoms with Gasteiger partial charge in [0, 0.05) is 18.3 Å². The summed E-state index contributed by atoms with van der Waals surface area (Å²) in [4.78, 5) is 16.1. The van der Waals surface area contributed by atoms with Crippen molar-refractivity contribution >= 4 is 11.7 Å². The Morgan fingerprint density at radius 1 is 1.18 bits per heavy atom. The summed E-state index contributed by atoms with van der Waals surface area (Å²) in [5, 5.41) is 9.46. The molecule has 3 rings (SSSR count). The molecule has 0 atom stereocenters. The fourth-order valence-electron chi connectivity index (χ4n) is 2.01. The number of rotatable bonds is 4. The normalized spacial score (nSPS) is 10.4. The SMILES string of the molecule is O=C(Nc1ccccn1)c1cc(Cc2ccc(F)cc2)[nH]n1. The zero-order valence-electron chi connectivity index (χ0n) is 11.6. The summed E-state index contributed by atoms with van der Waals surface area (Å²) in [7, 11) is 0. The molecular formula is C16H13FN4O. The van der Waals surface area contributed by atoms with Gasteiger partial charge < -0.3 is 5.32 Å². The molecular weight excluding hydrogens is 283 g/mol. The molecule has 0 saturated carbocycles. The highest BCUT2D eigenvalue weighted by Crippen LogP contribution is 2.11. The van der Waals surface area contributed by atoms with E-state index in [4.69, 9.17) is 0 Å². The number of halogens is 1. The summed E-state index contributed by atoms with van der Waals surface area (Å²) in [6.07, 6.45) is 2.14. The number of hydrogen-bond donors (Lipinski definition) is 2. The number of aromatic nitrogens is 3. The number of carbonyl (C=O) groups is 1. The lowest BCUT2D eigenvalue weighted by atomic mass is 10.1. The first-order valence-electron chi connectivity index (χ1n) is 6.72. The van der Waals surface area contributed by atoms with Crippen molar-refractivity contribution in [1.82, 2.24) is 15.2 Å². The van der Waals surface area contributed by atoms with Crippen LogP contribution in [0, 0.1) is 5.82 Å². The smallest absolute Gasteiger partial charge is 0.277 e. The van der Waals surface area contributed by atoms with E-state index in [9.17, 15) is 9.18 Å². The van der Waals surface area contributed by atoms with Crippen LogP contribution in [-0.4, -0.2) is 21.1 Å². The van der Waals surface area contributed by atoms with Gasteiger partial charge in [-0.3, -0.25) is 9.89 Å². The second-order valence-electron chi connectivity index (χ2n) is 4.75. The van der Waals surface area contributed by atoms with Crippen LogP contribution in [-0.2, 0) is 6.42 Å². The maximum atomic E-state index is 12.9. The molecule has 3 aromatic rings. The van der Waals surface area contributed by atoms with Gasteiger partial charge in [0.1, 0.15) is 11.6 Å². The van der Waals surface area contributed by atoms with Gasteiger partial charge in [-0.15, -0.1) is 0 Å². The van der Waals surface area contributed by atoms with Crippen molar-refractivity contribution in [1.29, 1.82) is 0 Å². The number of aromatic amines is 1. The zero-order valence-corrected chi connectivity index (χ0v) is 11.6. The van der Waals surface area contributed by atoms with Crippen LogP contribution in [0.25, 0.3) is 0 Å². The molecule has 0 bridgehead atoms. The van der Waals surface area contributed by atoms with Crippen LogP contribution in [0.4, 0.5) is 10.2 Å². The van der Waals surface area contributed by atoms with Gasteiger partial charge in [0.05, 0.1) is 0 Å². The van der Waals surface area contributed by atoms with Crippen molar-refractivity contribution in [3.05, 3.63) is 77.5 Å². The maximum Gasteiger partial charge on any atom is 0.277 e. The lowest BCUT2D eigenvalue weighted by Gasteiger charge is -2.00. The Bertz CT molecular complexity index is 768. The summed E-state index contributed by atoms with van der Waals surface area (Å²) < 4.78 is 12.9. The van der Waals surface area contributed by atoms with Gasteiger partial charge in [0.2, 0.25) is 0 Å². The number of hydrogen-bond acceptors (Lipinski definition) is 3. The second-order valence-corrected chi connectivity index (χ2v) is 4.75. The molecule has 6 heteroatoms. The third kappa shape index (κ3) is 3.35. The zero-order chi connectivity index (χ0) is 15.4. The first-order chi connectivity index (χ1) is 10.7. The number of nitrogens with zero attached hydrogens (tertiary/aromatic N) is 2. The Labute approximate surface area is 126 Å². The van der Waals surface area contributed by atoms with Crippen LogP contribution >= 0.6 is 0 Å². The number of amides is 1. The molecule has 110 valence electrons. The summed E-state index contributed by atoms with van der Waals surface area (Å²) in [5.74, 6) is -0.139. The van der Waals surface area contributed by atoms with E-state index >= 15 is 0 Å². The fourth-order valence-corrected chi connectivity index (χ4v) is 2.01. The minimum atomic E-state index is -0.333. The molecule has 2 aromatic heterocycles. The topological polar surface area (TPSA) is 70.7 Å². The van der Waals surface area contributed by atoms with Crippen molar-refractivity contribution in [3.8, 4) is 0 Å². The average molecular weight is 296 g/mol. The van der Waals surface area contributed by atoms with Crippen LogP contribution in [0.3, 0.4) is 0 Å². The van der Waals surface area contributed by atoms with E-state index in [0.29, 0.717) is 12.2 Å². The monoisotopic (exact) mass is 296 g/mol. The van der Waals surface area contributed by atoms with E-state index < -0.39 is 0 Å². The van der Waals surface area contributed by atoms with E-state index in [1.165, 1.54) is 12.1 Å². The Morgan fingerprint density at radius 2 is 2.00 bits per heavy atom. The molecule has 0 fully saturated rings. The molecule has 0 aliphatic rings. The van der Waals surface area contributed by atoms with Gasteiger partial charge in [0.25, 0.3) is 5.91 Å². The van der Waals surface area contributed by atoms with Crippen LogP contribution in [0.1, 0.15) is 21.7 Å². The highest BCUT2D eigenvalue weighted by atomic mass is 19.1. The van der Waals surface area contributed by atoms with Gasteiger partial charge in [-0.2, -0.15) is 5.10 Å². The first kappa shape index (κ1) is 13.9. The van der Waals surface area contributed by atoms with E-state index in [1.807, 2.05) is 0 Å². The van der Waals surface area contributed by atoms with Crippen molar-refractivity contribution in [2.75, 3.05) is 5.32 Å². The number of carbonyl (C=O) groups excluding carboxylic acids is 1. The van der Waals surface area contributed by atoms with Gasteiger partial charge in [-0.1, -0.05) is 18.2 Å². The Morgan fingerprint density at radius 3 is 2.73 bits per heavy atom. The molecule has 0 saturated heterocycles. The number of nitrogens with one attached hydrogen (secondary N) is 2. The van der Waals surface area contributed by atoms with Gasteiger partial charge >= 0.3 is 0 Å². The quantitative estimate of drug-likeness (QED) is 0.777. The summed E-state index contributed by atoms with van der Waals surface area (Å²) >= 11 is 0. The Balaban J connectivity index is 1.68. The fraction of sp³-hybridized carbons (Fsp3) is 0.0625. The molecule has 1 amide bonds. The predicted octanol–water partition coefficient (Wildman–Crippen LogP) is 2.79. The summed E-state index contributed by atoms with van der Waals surface area (Å²) in [5.41, 5.74) is 1.99. The second kappa shape index (κ2) is 6.17. The molecule has 22 heavy (non-hydrogen) atoms. The average Bonchev–Trinajstić information content (AvgIpc) is 2.99. The lowest BCUT2D eigenvalue weighted by Crippen LogP contribution is -2.13. The molecule has 0 radical (unpaired) electrons. The molecule has 2 N–H and O–H groups in total. The van der Waals surface area contributed by atoms with Crippen LogP contribution in [0.5, 0.6) is 0 Å². The predicted molar refractivity (Wildman–Crippen MR) is 80.0 cm³/mol. The standard InChI is InChI=1S/C16H13FN4O/c17-12-6-4-11(5-7-12)9-13-10-14(21-20-13)16(22)19-15-3-1-2-8-18-15/h1-8,10H,9H2,(H,20,21)(H,18,19,22). The molecule has 0 aliphatic carbocycles. The van der Waals surface area contributed by atoms with E-state index in [2.05, 4.69) is 20.5 Å². The lowest BCUT2D eigenvalue weighted by molar-refractivity contribution is 0.102. The molecule has 5 nitrogen and oxygen atoms in total. The minimum absolute atomic E-state index is 0.274. The van der Waals surface area contributed by atoms with Gasteiger partial charge in [-0.05, 0) is 35.9 Å². The van der Waals surface area contributed by atoms with E-state index in [0.717, 1.165) is 11.3 Å². The highest BCUT2D eigenvalue weighted by molar-refractivity contribution is 6.02. The van der Waals surface area contributed by atoms with Crippen molar-refractivity contribution in [3.63, 3.8) is 0 Å². The van der Waals surface area contributed by atoms with Crippen LogP contribution in [0.2, 0.25) is 0 Å². The largest absolute Gasteiger partial charge is 0.305 e. The number of pyridine rings is 1. The minimum Gasteiger partial charge on any atom is -0.305 e. The van der Waals surface area contributed by atoms with Gasteiger partial charge in [-0.25, -0.2) is 9.37 Å². The molecule has 0 aliphatic heterocycles. The Hall–Kier alpha value is -3.02. The van der Waals surface area contributed by atoms with E-state index in [1.54, 1.807) is 42.6 Å². The highest BCUT2D eigenvalue weighted by Gasteiger charge is 2.11. The molecule has 1 aromatic carbocycles. The van der Waals surface area contributed by atoms with Crippen molar-refractivity contribution < 1.29 is 9.18 Å². The summed E-state index contributed by atoms with van der Waals surface area (Å²) in [6, 6.07) is 13.1. The molecule has 0 spiro atoms. The van der Waals surface area contributed by atoms with E-state index in [-0.39, 0.29) is 17.4 Å². The third-order valence-corrected chi connectivity index (χ3v) is 3.08. The van der Waals surface area contributed by atoms with Crippen LogP contribution < -0.4 is 5.32 Å². The molecule has 0 unspecified atom stereocenters. The number of benzene rings is 1. The van der Waals surface area contributed by atoms with Gasteiger partial charge in [0.15, 0.2) is 5.69 Å². The van der Waals surface area contributed by atoms with Crippen molar-refractivity contribution in [2.24, 2.45) is 0 Å². The first-order valence-corrected chi connectivity index (χ1v) is 6.72. The number of H-pyrrole nitrogens is 1.